The van der Waals surface area contributed by atoms with E-state index >= 15 is 0 Å². The molecule has 1 saturated heterocycles. The molecule has 0 saturated carbocycles. The van der Waals surface area contributed by atoms with Gasteiger partial charge in [0.2, 0.25) is 0 Å². The van der Waals surface area contributed by atoms with E-state index in [-0.39, 0.29) is 12.1 Å². The third-order valence-electron chi connectivity index (χ3n) is 4.27. The van der Waals surface area contributed by atoms with Gasteiger partial charge in [-0.1, -0.05) is 36.7 Å². The molecule has 0 aliphatic carbocycles. The lowest BCUT2D eigenvalue weighted by molar-refractivity contribution is 0.204. The van der Waals surface area contributed by atoms with E-state index in [0.717, 1.165) is 36.5 Å². The molecule has 1 aliphatic heterocycles. The first kappa shape index (κ1) is 15.6. The van der Waals surface area contributed by atoms with E-state index in [4.69, 9.17) is 4.52 Å². The molecule has 0 spiro atoms. The minimum atomic E-state index is -0.0783. The number of carbonyl (C=O) groups excluding carboxylic acids is 1. The Hall–Kier alpha value is -2.30. The molecule has 3 rings (SSSR count). The van der Waals surface area contributed by atoms with Crippen molar-refractivity contribution in [2.75, 3.05) is 11.9 Å². The SMILES string of the molecule is Cc1ccc(NC(=O)N2CCC[C@H]2c2cc(C(C)C)on2)cc1. The Labute approximate surface area is 136 Å². The number of hydrogen-bond acceptors (Lipinski definition) is 3. The Morgan fingerprint density at radius 1 is 1.35 bits per heavy atom. The lowest BCUT2D eigenvalue weighted by Gasteiger charge is -2.23. The van der Waals surface area contributed by atoms with Crippen molar-refractivity contribution in [1.82, 2.24) is 10.1 Å². The zero-order valence-corrected chi connectivity index (χ0v) is 13.9. The van der Waals surface area contributed by atoms with Gasteiger partial charge in [0.15, 0.2) is 0 Å². The van der Waals surface area contributed by atoms with Crippen LogP contribution in [0, 0.1) is 6.92 Å². The van der Waals surface area contributed by atoms with Crippen LogP contribution in [0.2, 0.25) is 0 Å². The van der Waals surface area contributed by atoms with Crippen LogP contribution in [0.25, 0.3) is 0 Å². The normalized spacial score (nSPS) is 17.7. The van der Waals surface area contributed by atoms with Crippen molar-refractivity contribution in [1.29, 1.82) is 0 Å². The first-order valence-electron chi connectivity index (χ1n) is 8.15. The maximum absolute atomic E-state index is 12.6. The molecular weight excluding hydrogens is 290 g/mol. The van der Waals surface area contributed by atoms with Crippen LogP contribution in [0.5, 0.6) is 0 Å². The third kappa shape index (κ3) is 3.38. The fourth-order valence-electron chi connectivity index (χ4n) is 2.88. The summed E-state index contributed by atoms with van der Waals surface area (Å²) in [5.41, 5.74) is 2.84. The van der Waals surface area contributed by atoms with Crippen molar-refractivity contribution in [3.63, 3.8) is 0 Å². The zero-order valence-electron chi connectivity index (χ0n) is 13.9. The smallest absolute Gasteiger partial charge is 0.322 e. The molecule has 1 aliphatic rings. The number of rotatable bonds is 3. The summed E-state index contributed by atoms with van der Waals surface area (Å²) < 4.78 is 5.39. The largest absolute Gasteiger partial charge is 0.361 e. The standard InChI is InChI=1S/C18H23N3O2/c1-12(2)17-11-15(20-23-17)16-5-4-10-21(16)18(22)19-14-8-6-13(3)7-9-14/h6-9,11-12,16H,4-5,10H2,1-3H3,(H,19,22)/t16-/m0/s1. The minimum absolute atomic E-state index is 0.00306. The number of carbonyl (C=O) groups is 1. The highest BCUT2D eigenvalue weighted by atomic mass is 16.5. The number of benzene rings is 1. The van der Waals surface area contributed by atoms with Gasteiger partial charge in [-0.05, 0) is 31.9 Å². The molecule has 2 heterocycles. The first-order chi connectivity index (χ1) is 11.0. The fourth-order valence-corrected chi connectivity index (χ4v) is 2.88. The number of amides is 2. The Morgan fingerprint density at radius 3 is 2.74 bits per heavy atom. The van der Waals surface area contributed by atoms with Crippen molar-refractivity contribution < 1.29 is 9.32 Å². The number of urea groups is 1. The van der Waals surface area contributed by atoms with Crippen LogP contribution in [-0.4, -0.2) is 22.6 Å². The molecule has 0 radical (unpaired) electrons. The zero-order chi connectivity index (χ0) is 16.4. The summed E-state index contributed by atoms with van der Waals surface area (Å²) in [5, 5.41) is 7.14. The predicted molar refractivity (Wildman–Crippen MR) is 89.5 cm³/mol. The number of aryl methyl sites for hydroxylation is 1. The predicted octanol–water partition coefficient (Wildman–Crippen LogP) is 4.48. The summed E-state index contributed by atoms with van der Waals surface area (Å²) in [4.78, 5) is 14.4. The van der Waals surface area contributed by atoms with E-state index in [2.05, 4.69) is 24.3 Å². The summed E-state index contributed by atoms with van der Waals surface area (Å²) in [6.45, 7) is 6.91. The summed E-state index contributed by atoms with van der Waals surface area (Å²) in [5.74, 6) is 1.17. The molecule has 1 fully saturated rings. The van der Waals surface area contributed by atoms with Crippen molar-refractivity contribution >= 4 is 11.7 Å². The second-order valence-electron chi connectivity index (χ2n) is 6.46. The van der Waals surface area contributed by atoms with Crippen molar-refractivity contribution in [2.24, 2.45) is 0 Å². The van der Waals surface area contributed by atoms with Crippen LogP contribution in [0.4, 0.5) is 10.5 Å². The molecule has 2 amide bonds. The molecule has 5 nitrogen and oxygen atoms in total. The Bertz CT molecular complexity index is 676. The third-order valence-corrected chi connectivity index (χ3v) is 4.27. The molecule has 1 atom stereocenters. The van der Waals surface area contributed by atoms with Gasteiger partial charge in [0.25, 0.3) is 0 Å². The molecule has 122 valence electrons. The van der Waals surface area contributed by atoms with E-state index in [0.29, 0.717) is 5.92 Å². The number of anilines is 1. The second-order valence-corrected chi connectivity index (χ2v) is 6.46. The Kier molecular flexibility index (Phi) is 4.37. The van der Waals surface area contributed by atoms with Gasteiger partial charge < -0.3 is 14.7 Å². The molecule has 23 heavy (non-hydrogen) atoms. The lowest BCUT2D eigenvalue weighted by atomic mass is 10.1. The van der Waals surface area contributed by atoms with E-state index in [9.17, 15) is 4.79 Å². The quantitative estimate of drug-likeness (QED) is 0.909. The van der Waals surface area contributed by atoms with Gasteiger partial charge in [-0.2, -0.15) is 0 Å². The van der Waals surface area contributed by atoms with Crippen LogP contribution >= 0.6 is 0 Å². The van der Waals surface area contributed by atoms with Gasteiger partial charge in [-0.3, -0.25) is 0 Å². The average molecular weight is 313 g/mol. The number of nitrogens with one attached hydrogen (secondary N) is 1. The molecule has 0 unspecified atom stereocenters. The van der Waals surface area contributed by atoms with Crippen LogP contribution < -0.4 is 5.32 Å². The van der Waals surface area contributed by atoms with Gasteiger partial charge in [-0.25, -0.2) is 4.79 Å². The Morgan fingerprint density at radius 2 is 2.09 bits per heavy atom. The Balaban J connectivity index is 1.72. The summed E-state index contributed by atoms with van der Waals surface area (Å²) >= 11 is 0. The second kappa shape index (κ2) is 6.44. The highest BCUT2D eigenvalue weighted by Gasteiger charge is 2.32. The monoisotopic (exact) mass is 313 g/mol. The van der Waals surface area contributed by atoms with Crippen molar-refractivity contribution in [3.8, 4) is 0 Å². The number of aromatic nitrogens is 1. The summed E-state index contributed by atoms with van der Waals surface area (Å²) in [6, 6.07) is 9.72. The van der Waals surface area contributed by atoms with Gasteiger partial charge in [0.05, 0.1) is 6.04 Å². The van der Waals surface area contributed by atoms with Gasteiger partial charge >= 0.3 is 6.03 Å². The van der Waals surface area contributed by atoms with Crippen LogP contribution in [-0.2, 0) is 0 Å². The molecule has 1 aromatic carbocycles. The number of likely N-dealkylation sites (tertiary alicyclic amines) is 1. The van der Waals surface area contributed by atoms with Gasteiger partial charge in [0, 0.05) is 24.2 Å². The van der Waals surface area contributed by atoms with Crippen LogP contribution in [0.15, 0.2) is 34.9 Å². The molecule has 0 bridgehead atoms. The maximum Gasteiger partial charge on any atom is 0.322 e. The first-order valence-corrected chi connectivity index (χ1v) is 8.15. The van der Waals surface area contributed by atoms with E-state index < -0.39 is 0 Å². The highest BCUT2D eigenvalue weighted by Crippen LogP contribution is 2.33. The fraction of sp³-hybridized carbons (Fsp3) is 0.444. The van der Waals surface area contributed by atoms with E-state index in [1.54, 1.807) is 0 Å². The molecule has 5 heteroatoms. The van der Waals surface area contributed by atoms with Crippen molar-refractivity contribution in [2.45, 2.75) is 45.6 Å². The van der Waals surface area contributed by atoms with Gasteiger partial charge in [-0.15, -0.1) is 0 Å². The molecule has 1 aromatic heterocycles. The maximum atomic E-state index is 12.6. The number of nitrogens with zero attached hydrogens (tertiary/aromatic N) is 2. The van der Waals surface area contributed by atoms with Gasteiger partial charge in [0.1, 0.15) is 11.5 Å². The summed E-state index contributed by atoms with van der Waals surface area (Å²) in [7, 11) is 0. The summed E-state index contributed by atoms with van der Waals surface area (Å²) in [6.07, 6.45) is 1.90. The molecule has 1 N–H and O–H groups in total. The van der Waals surface area contributed by atoms with E-state index in [1.807, 2.05) is 42.2 Å². The topological polar surface area (TPSA) is 58.4 Å². The molecular formula is C18H23N3O2. The highest BCUT2D eigenvalue weighted by molar-refractivity contribution is 5.89. The average Bonchev–Trinajstić information content (AvgIpc) is 3.17. The van der Waals surface area contributed by atoms with E-state index in [1.165, 1.54) is 5.56 Å². The van der Waals surface area contributed by atoms with Crippen LogP contribution in [0.1, 0.15) is 55.7 Å². The lowest BCUT2D eigenvalue weighted by Crippen LogP contribution is -2.34. The molecule has 2 aromatic rings. The van der Waals surface area contributed by atoms with Crippen LogP contribution in [0.3, 0.4) is 0 Å². The minimum Gasteiger partial charge on any atom is -0.361 e. The van der Waals surface area contributed by atoms with Crippen molar-refractivity contribution in [3.05, 3.63) is 47.3 Å². The number of hydrogen-bond donors (Lipinski definition) is 1.